The van der Waals surface area contributed by atoms with Crippen LogP contribution in [0.1, 0.15) is 42.1 Å². The van der Waals surface area contributed by atoms with Gasteiger partial charge in [0.25, 0.3) is 5.91 Å². The Morgan fingerprint density at radius 1 is 1.14 bits per heavy atom. The minimum absolute atomic E-state index is 0.0139. The number of anilines is 1. The average Bonchev–Trinajstić information content (AvgIpc) is 2.82. The Morgan fingerprint density at radius 3 is 2.51 bits per heavy atom. The van der Waals surface area contributed by atoms with Crippen LogP contribution in [0.2, 0.25) is 0 Å². The van der Waals surface area contributed by atoms with E-state index < -0.39 is 27.7 Å². The fraction of sp³-hybridized carbons (Fsp3) is 0.364. The molecule has 13 heteroatoms. The van der Waals surface area contributed by atoms with Gasteiger partial charge in [0.2, 0.25) is 10.0 Å². The summed E-state index contributed by atoms with van der Waals surface area (Å²) in [6.45, 7) is 2.19. The van der Waals surface area contributed by atoms with Crippen LogP contribution in [0.25, 0.3) is 0 Å². The molecule has 1 fully saturated rings. The van der Waals surface area contributed by atoms with Crippen LogP contribution >= 0.6 is 12.2 Å². The van der Waals surface area contributed by atoms with Gasteiger partial charge in [-0.2, -0.15) is 17.5 Å². The molecule has 1 amide bonds. The van der Waals surface area contributed by atoms with Crippen LogP contribution in [0.5, 0.6) is 5.75 Å². The Balaban J connectivity index is 1.74. The molecule has 0 saturated carbocycles. The number of carbonyl (C=O) groups is 1. The third kappa shape index (κ3) is 6.21. The van der Waals surface area contributed by atoms with Crippen LogP contribution < -0.4 is 20.9 Å². The summed E-state index contributed by atoms with van der Waals surface area (Å²) in [5.74, 6) is -0.655. The van der Waals surface area contributed by atoms with E-state index in [9.17, 15) is 26.4 Å². The van der Waals surface area contributed by atoms with Gasteiger partial charge >= 0.3 is 6.18 Å². The SMILES string of the molecule is COc1ccc(C(=O)NNC(=S)Nc2ccccc2C(F)(F)F)cc1S(=O)(=O)N1CCCC[C@H]1C. The lowest BCUT2D eigenvalue weighted by molar-refractivity contribution is -0.136. The van der Waals surface area contributed by atoms with Crippen LogP contribution in [0.4, 0.5) is 18.9 Å². The van der Waals surface area contributed by atoms with Crippen LogP contribution in [0, 0.1) is 0 Å². The zero-order valence-corrected chi connectivity index (χ0v) is 20.6. The smallest absolute Gasteiger partial charge is 0.418 e. The highest BCUT2D eigenvalue weighted by Gasteiger charge is 2.34. The highest BCUT2D eigenvalue weighted by molar-refractivity contribution is 7.89. The molecular formula is C22H25F3N4O4S2. The van der Waals surface area contributed by atoms with Gasteiger partial charge in [0.05, 0.1) is 18.4 Å². The predicted molar refractivity (Wildman–Crippen MR) is 128 cm³/mol. The summed E-state index contributed by atoms with van der Waals surface area (Å²) in [6.07, 6.45) is -2.20. The van der Waals surface area contributed by atoms with Crippen molar-refractivity contribution in [3.05, 3.63) is 53.6 Å². The second kappa shape index (κ2) is 10.8. The molecule has 1 aliphatic heterocycles. The second-order valence-corrected chi connectivity index (χ2v) is 10.2. The zero-order chi connectivity index (χ0) is 25.8. The molecule has 35 heavy (non-hydrogen) atoms. The number of nitrogens with one attached hydrogen (secondary N) is 3. The molecule has 3 N–H and O–H groups in total. The van der Waals surface area contributed by atoms with Crippen molar-refractivity contribution in [1.29, 1.82) is 0 Å². The monoisotopic (exact) mass is 530 g/mol. The summed E-state index contributed by atoms with van der Waals surface area (Å²) in [5.41, 5.74) is 3.36. The topological polar surface area (TPSA) is 99.8 Å². The van der Waals surface area contributed by atoms with Crippen molar-refractivity contribution in [3.63, 3.8) is 0 Å². The van der Waals surface area contributed by atoms with Crippen molar-refractivity contribution in [1.82, 2.24) is 15.2 Å². The average molecular weight is 531 g/mol. The third-order valence-electron chi connectivity index (χ3n) is 5.52. The number of nitrogens with zero attached hydrogens (tertiary/aromatic N) is 1. The van der Waals surface area contributed by atoms with Crippen molar-refractivity contribution in [2.24, 2.45) is 0 Å². The summed E-state index contributed by atoms with van der Waals surface area (Å²) in [4.78, 5) is 12.5. The molecule has 0 aromatic heterocycles. The molecule has 0 spiro atoms. The number of rotatable bonds is 5. The number of sulfonamides is 1. The van der Waals surface area contributed by atoms with E-state index in [0.717, 1.165) is 25.3 Å². The van der Waals surface area contributed by atoms with E-state index in [0.29, 0.717) is 6.54 Å². The molecule has 1 aliphatic rings. The first-order valence-corrected chi connectivity index (χ1v) is 12.5. The van der Waals surface area contributed by atoms with Crippen molar-refractivity contribution >= 4 is 38.9 Å². The second-order valence-electron chi connectivity index (χ2n) is 7.90. The van der Waals surface area contributed by atoms with Crippen molar-refractivity contribution < 1.29 is 31.1 Å². The van der Waals surface area contributed by atoms with Gasteiger partial charge in [-0.1, -0.05) is 18.6 Å². The largest absolute Gasteiger partial charge is 0.495 e. The Hall–Kier alpha value is -2.90. The van der Waals surface area contributed by atoms with Crippen LogP contribution in [0.15, 0.2) is 47.4 Å². The van der Waals surface area contributed by atoms with Gasteiger partial charge in [0.1, 0.15) is 10.6 Å². The van der Waals surface area contributed by atoms with E-state index >= 15 is 0 Å². The number of piperidine rings is 1. The number of para-hydroxylation sites is 1. The fourth-order valence-electron chi connectivity index (χ4n) is 3.75. The lowest BCUT2D eigenvalue weighted by Crippen LogP contribution is -2.44. The summed E-state index contributed by atoms with van der Waals surface area (Å²) in [7, 11) is -2.61. The fourth-order valence-corrected chi connectivity index (χ4v) is 5.80. The molecule has 0 aliphatic carbocycles. The van der Waals surface area contributed by atoms with E-state index in [4.69, 9.17) is 17.0 Å². The van der Waals surface area contributed by atoms with Gasteiger partial charge in [-0.05, 0) is 62.3 Å². The lowest BCUT2D eigenvalue weighted by Gasteiger charge is -2.32. The number of alkyl halides is 3. The van der Waals surface area contributed by atoms with Crippen LogP contribution in [-0.2, 0) is 16.2 Å². The normalized spacial score (nSPS) is 16.9. The molecular weight excluding hydrogens is 505 g/mol. The van der Waals surface area contributed by atoms with E-state index in [1.165, 1.54) is 47.8 Å². The number of hydrogen-bond donors (Lipinski definition) is 3. The number of hydrazine groups is 1. The maximum absolute atomic E-state index is 13.3. The van der Waals surface area contributed by atoms with Crippen molar-refractivity contribution in [3.8, 4) is 5.75 Å². The van der Waals surface area contributed by atoms with Crippen LogP contribution in [-0.4, -0.2) is 43.4 Å². The first-order chi connectivity index (χ1) is 16.4. The number of thiocarbonyl (C=S) groups is 1. The summed E-state index contributed by atoms with van der Waals surface area (Å²) >= 11 is 4.98. The molecule has 2 aromatic carbocycles. The first-order valence-electron chi connectivity index (χ1n) is 10.7. The number of methoxy groups -OCH3 is 1. The summed E-state index contributed by atoms with van der Waals surface area (Å²) < 4.78 is 72.7. The maximum atomic E-state index is 13.3. The highest BCUT2D eigenvalue weighted by Crippen LogP contribution is 2.34. The number of halogens is 3. The van der Waals surface area contributed by atoms with E-state index in [2.05, 4.69) is 16.2 Å². The number of benzene rings is 2. The maximum Gasteiger partial charge on any atom is 0.418 e. The van der Waals surface area contributed by atoms with Gasteiger partial charge in [-0.15, -0.1) is 0 Å². The number of ether oxygens (including phenoxy) is 1. The molecule has 0 unspecified atom stereocenters. The molecule has 3 rings (SSSR count). The molecule has 8 nitrogen and oxygen atoms in total. The summed E-state index contributed by atoms with van der Waals surface area (Å²) in [6, 6.07) is 8.47. The molecule has 1 atom stereocenters. The zero-order valence-electron chi connectivity index (χ0n) is 19.0. The van der Waals surface area contributed by atoms with Gasteiger partial charge in [0, 0.05) is 18.2 Å². The van der Waals surface area contributed by atoms with Crippen molar-refractivity contribution in [2.45, 2.75) is 43.3 Å². The lowest BCUT2D eigenvalue weighted by atomic mass is 10.1. The van der Waals surface area contributed by atoms with Crippen molar-refractivity contribution in [2.75, 3.05) is 19.0 Å². The van der Waals surface area contributed by atoms with E-state index in [1.54, 1.807) is 0 Å². The molecule has 2 aromatic rings. The minimum Gasteiger partial charge on any atom is -0.495 e. The first kappa shape index (κ1) is 26.7. The number of carbonyl (C=O) groups excluding carboxylic acids is 1. The van der Waals surface area contributed by atoms with E-state index in [1.807, 2.05) is 6.92 Å². The predicted octanol–water partition coefficient (Wildman–Crippen LogP) is 3.91. The Kier molecular flexibility index (Phi) is 8.23. The standard InChI is InChI=1S/C22H25F3N4O4S2/c1-14-7-5-6-12-29(14)35(31,32)19-13-15(10-11-18(19)33-2)20(30)27-28-21(34)26-17-9-4-3-8-16(17)22(23,24)25/h3-4,8-11,13-14H,5-7,12H2,1-2H3,(H,27,30)(H2,26,28,34)/t14-/m1/s1. The van der Waals surface area contributed by atoms with Crippen LogP contribution in [0.3, 0.4) is 0 Å². The number of amides is 1. The Morgan fingerprint density at radius 2 is 1.86 bits per heavy atom. The van der Waals surface area contributed by atoms with Gasteiger partial charge in [-0.25, -0.2) is 8.42 Å². The van der Waals surface area contributed by atoms with E-state index in [-0.39, 0.29) is 33.1 Å². The summed E-state index contributed by atoms with van der Waals surface area (Å²) in [5, 5.41) is 2.10. The molecule has 190 valence electrons. The van der Waals surface area contributed by atoms with Gasteiger partial charge < -0.3 is 10.1 Å². The molecule has 0 bridgehead atoms. The van der Waals surface area contributed by atoms with Gasteiger partial charge in [-0.3, -0.25) is 15.6 Å². The number of hydrogen-bond acceptors (Lipinski definition) is 5. The highest BCUT2D eigenvalue weighted by atomic mass is 32.2. The molecule has 0 radical (unpaired) electrons. The Bertz CT molecular complexity index is 1210. The van der Waals surface area contributed by atoms with Gasteiger partial charge in [0.15, 0.2) is 5.11 Å². The quantitative estimate of drug-likeness (QED) is 0.398. The molecule has 1 heterocycles. The minimum atomic E-state index is -4.60. The molecule has 1 saturated heterocycles. The Labute approximate surface area is 206 Å². The third-order valence-corrected chi connectivity index (χ3v) is 7.76.